The number of anilines is 1. The highest BCUT2D eigenvalue weighted by Gasteiger charge is 2.74. The smallest absolute Gasteiger partial charge is 0.241 e. The third-order valence-electron chi connectivity index (χ3n) is 6.78. The first kappa shape index (κ1) is 20.9. The minimum absolute atomic E-state index is 0.146. The molecule has 6 rings (SSSR count). The average Bonchev–Trinajstić information content (AvgIpc) is 3.40. The van der Waals surface area contributed by atoms with Crippen LogP contribution in [0.2, 0.25) is 5.02 Å². The Hall–Kier alpha value is -3.68. The van der Waals surface area contributed by atoms with Crippen LogP contribution in [0.4, 0.5) is 10.1 Å². The van der Waals surface area contributed by atoms with Gasteiger partial charge >= 0.3 is 0 Å². The average molecular weight is 476 g/mol. The summed E-state index contributed by atoms with van der Waals surface area (Å²) in [5, 5.41) is 0.316. The highest BCUT2D eigenvalue weighted by molar-refractivity contribution is 6.37. The van der Waals surface area contributed by atoms with E-state index in [0.29, 0.717) is 10.6 Å². The SMILES string of the molecule is O=C1[C@H]2[C@@H](C(=O)N1c1cccc(Cl)c1)C1(O[C@H]2c2ccc(F)cc2)C(=O)c2ccccc2C1=O. The Bertz CT molecular complexity index is 1380. The highest BCUT2D eigenvalue weighted by atomic mass is 35.5. The molecular weight excluding hydrogens is 461 g/mol. The lowest BCUT2D eigenvalue weighted by Crippen LogP contribution is -2.51. The number of imide groups is 1. The summed E-state index contributed by atoms with van der Waals surface area (Å²) in [6, 6.07) is 17.7. The van der Waals surface area contributed by atoms with Gasteiger partial charge in [0.05, 0.1) is 23.6 Å². The van der Waals surface area contributed by atoms with Crippen LogP contribution in [0.15, 0.2) is 72.8 Å². The second-order valence-electron chi connectivity index (χ2n) is 8.52. The fourth-order valence-corrected chi connectivity index (χ4v) is 5.52. The molecule has 3 aliphatic rings. The molecule has 0 bridgehead atoms. The van der Waals surface area contributed by atoms with Gasteiger partial charge in [-0.3, -0.25) is 19.2 Å². The molecule has 8 heteroatoms. The third kappa shape index (κ3) is 2.59. The van der Waals surface area contributed by atoms with Crippen molar-refractivity contribution in [3.63, 3.8) is 0 Å². The van der Waals surface area contributed by atoms with Gasteiger partial charge in [-0.1, -0.05) is 54.1 Å². The van der Waals surface area contributed by atoms with Crippen LogP contribution in [-0.2, 0) is 14.3 Å². The summed E-state index contributed by atoms with van der Waals surface area (Å²) < 4.78 is 19.8. The quantitative estimate of drug-likeness (QED) is 0.410. The number of carbonyl (C=O) groups excluding carboxylic acids is 4. The van der Waals surface area contributed by atoms with Crippen molar-refractivity contribution in [3.05, 3.63) is 100 Å². The number of ether oxygens (including phenoxy) is 1. The van der Waals surface area contributed by atoms with Crippen molar-refractivity contribution in [1.29, 1.82) is 0 Å². The van der Waals surface area contributed by atoms with Gasteiger partial charge in [0.15, 0.2) is 0 Å². The molecule has 0 radical (unpaired) electrons. The Morgan fingerprint density at radius 3 is 2.09 bits per heavy atom. The molecule has 34 heavy (non-hydrogen) atoms. The fourth-order valence-electron chi connectivity index (χ4n) is 5.34. The molecule has 2 amide bonds. The maximum atomic E-state index is 13.8. The second kappa shape index (κ2) is 7.16. The van der Waals surface area contributed by atoms with E-state index in [4.69, 9.17) is 16.3 Å². The van der Waals surface area contributed by atoms with E-state index in [2.05, 4.69) is 0 Å². The molecule has 168 valence electrons. The van der Waals surface area contributed by atoms with Crippen molar-refractivity contribution < 1.29 is 28.3 Å². The van der Waals surface area contributed by atoms with Gasteiger partial charge in [0.25, 0.3) is 0 Å². The minimum Gasteiger partial charge on any atom is -0.349 e. The van der Waals surface area contributed by atoms with E-state index < -0.39 is 52.7 Å². The summed E-state index contributed by atoms with van der Waals surface area (Å²) in [6.45, 7) is 0. The molecule has 3 aromatic rings. The van der Waals surface area contributed by atoms with Crippen LogP contribution in [-0.4, -0.2) is 29.0 Å². The molecule has 3 atom stereocenters. The lowest BCUT2D eigenvalue weighted by Gasteiger charge is -2.27. The number of hydrogen-bond acceptors (Lipinski definition) is 5. The number of ketones is 2. The number of carbonyl (C=O) groups is 4. The van der Waals surface area contributed by atoms with Crippen LogP contribution in [0.25, 0.3) is 0 Å². The molecule has 2 fully saturated rings. The highest BCUT2D eigenvalue weighted by Crippen LogP contribution is 2.57. The first-order chi connectivity index (χ1) is 16.3. The van der Waals surface area contributed by atoms with Gasteiger partial charge in [-0.25, -0.2) is 9.29 Å². The number of hydrogen-bond donors (Lipinski definition) is 0. The predicted molar refractivity (Wildman–Crippen MR) is 119 cm³/mol. The second-order valence-corrected chi connectivity index (χ2v) is 8.96. The van der Waals surface area contributed by atoms with E-state index in [0.717, 1.165) is 4.90 Å². The molecule has 3 aromatic carbocycles. The lowest BCUT2D eigenvalue weighted by molar-refractivity contribution is -0.127. The third-order valence-corrected chi connectivity index (χ3v) is 7.02. The Morgan fingerprint density at radius 2 is 1.47 bits per heavy atom. The van der Waals surface area contributed by atoms with Crippen molar-refractivity contribution in [2.45, 2.75) is 11.7 Å². The van der Waals surface area contributed by atoms with E-state index in [1.54, 1.807) is 30.3 Å². The van der Waals surface area contributed by atoms with Crippen molar-refractivity contribution in [2.24, 2.45) is 11.8 Å². The summed E-state index contributed by atoms with van der Waals surface area (Å²) in [6.07, 6.45) is -1.10. The number of fused-ring (bicyclic) bond motifs is 3. The zero-order valence-electron chi connectivity index (χ0n) is 17.4. The Labute approximate surface area is 197 Å². The minimum atomic E-state index is -2.17. The summed E-state index contributed by atoms with van der Waals surface area (Å²) in [7, 11) is 0. The molecule has 2 aliphatic heterocycles. The fraction of sp³-hybridized carbons (Fsp3) is 0.154. The maximum Gasteiger partial charge on any atom is 0.241 e. The number of halogens is 2. The molecule has 0 N–H and O–H groups in total. The van der Waals surface area contributed by atoms with E-state index in [9.17, 15) is 23.6 Å². The maximum absolute atomic E-state index is 13.8. The summed E-state index contributed by atoms with van der Waals surface area (Å²) in [4.78, 5) is 55.7. The molecule has 2 saturated heterocycles. The molecule has 0 saturated carbocycles. The first-order valence-corrected chi connectivity index (χ1v) is 11.0. The van der Waals surface area contributed by atoms with E-state index in [-0.39, 0.29) is 16.8 Å². The number of nitrogens with zero attached hydrogens (tertiary/aromatic N) is 1. The van der Waals surface area contributed by atoms with Crippen LogP contribution in [0.5, 0.6) is 0 Å². The zero-order chi connectivity index (χ0) is 23.8. The molecule has 1 aliphatic carbocycles. The van der Waals surface area contributed by atoms with Crippen LogP contribution in [0, 0.1) is 17.7 Å². The number of Topliss-reactive ketones (excluding diaryl/α,β-unsaturated/α-hetero) is 2. The molecule has 6 nitrogen and oxygen atoms in total. The topological polar surface area (TPSA) is 80.8 Å². The first-order valence-electron chi connectivity index (χ1n) is 10.6. The summed E-state index contributed by atoms with van der Waals surface area (Å²) in [5.74, 6) is -5.65. The number of amides is 2. The standard InChI is InChI=1S/C26H15ClFNO5/c27-14-4-3-5-16(12-14)29-24(32)19-20(25(29)33)26(34-21(19)13-8-10-15(28)11-9-13)22(30)17-6-1-2-7-18(17)23(26)31/h1-12,19-21H/t19-,20-,21-/m0/s1. The summed E-state index contributed by atoms with van der Waals surface area (Å²) >= 11 is 6.09. The molecule has 1 spiro atoms. The summed E-state index contributed by atoms with van der Waals surface area (Å²) in [5.41, 5.74) is -1.26. The van der Waals surface area contributed by atoms with Crippen LogP contribution in [0.1, 0.15) is 32.4 Å². The van der Waals surface area contributed by atoms with Crippen LogP contribution < -0.4 is 4.90 Å². The lowest BCUT2D eigenvalue weighted by atomic mass is 9.77. The molecule has 0 unspecified atom stereocenters. The van der Waals surface area contributed by atoms with Crippen molar-refractivity contribution in [2.75, 3.05) is 4.90 Å². The zero-order valence-corrected chi connectivity index (χ0v) is 18.2. The monoisotopic (exact) mass is 475 g/mol. The van der Waals surface area contributed by atoms with E-state index >= 15 is 0 Å². The van der Waals surface area contributed by atoms with E-state index in [1.165, 1.54) is 42.5 Å². The Morgan fingerprint density at radius 1 is 0.824 bits per heavy atom. The van der Waals surface area contributed by atoms with Crippen molar-refractivity contribution >= 4 is 40.7 Å². The van der Waals surface area contributed by atoms with Gasteiger partial charge in [-0.15, -0.1) is 0 Å². The van der Waals surface area contributed by atoms with Gasteiger partial charge in [-0.2, -0.15) is 0 Å². The van der Waals surface area contributed by atoms with Crippen molar-refractivity contribution in [1.82, 2.24) is 0 Å². The van der Waals surface area contributed by atoms with Gasteiger partial charge < -0.3 is 4.74 Å². The van der Waals surface area contributed by atoms with Crippen LogP contribution >= 0.6 is 11.6 Å². The largest absolute Gasteiger partial charge is 0.349 e. The van der Waals surface area contributed by atoms with Gasteiger partial charge in [0.2, 0.25) is 29.0 Å². The van der Waals surface area contributed by atoms with Gasteiger partial charge in [-0.05, 0) is 35.9 Å². The predicted octanol–water partition coefficient (Wildman–Crippen LogP) is 4.17. The van der Waals surface area contributed by atoms with E-state index in [1.807, 2.05) is 0 Å². The van der Waals surface area contributed by atoms with Crippen molar-refractivity contribution in [3.8, 4) is 0 Å². The molecular formula is C26H15ClFNO5. The van der Waals surface area contributed by atoms with Gasteiger partial charge in [0, 0.05) is 16.1 Å². The Balaban J connectivity index is 1.55. The Kier molecular flexibility index (Phi) is 4.40. The number of rotatable bonds is 2. The number of benzene rings is 3. The van der Waals surface area contributed by atoms with Crippen LogP contribution in [0.3, 0.4) is 0 Å². The van der Waals surface area contributed by atoms with Gasteiger partial charge in [0.1, 0.15) is 5.82 Å². The molecule has 0 aromatic heterocycles. The molecule has 2 heterocycles. The normalized spacial score (nSPS) is 24.8.